The molecule has 4 aromatic rings. The van der Waals surface area contributed by atoms with Crippen molar-refractivity contribution >= 4 is 44.3 Å². The van der Waals surface area contributed by atoms with Gasteiger partial charge in [0, 0.05) is 41.6 Å². The first-order valence-electron chi connectivity index (χ1n) is 11.4. The van der Waals surface area contributed by atoms with Crippen LogP contribution in [-0.4, -0.2) is 26.6 Å². The van der Waals surface area contributed by atoms with Crippen LogP contribution < -0.4 is 4.90 Å². The molecule has 2 aromatic carbocycles. The summed E-state index contributed by atoms with van der Waals surface area (Å²) in [5.74, 6) is -1.02. The van der Waals surface area contributed by atoms with Crippen molar-refractivity contribution in [2.24, 2.45) is 0 Å². The van der Waals surface area contributed by atoms with E-state index in [1.807, 2.05) is 76.5 Å². The molecular weight excluding hydrogens is 482 g/mol. The van der Waals surface area contributed by atoms with Crippen molar-refractivity contribution in [3.8, 4) is 11.1 Å². The molecule has 0 spiro atoms. The number of aryl methyl sites for hydroxylation is 1. The number of carboxylic acids is 1. The summed E-state index contributed by atoms with van der Waals surface area (Å²) in [7, 11) is 0. The van der Waals surface area contributed by atoms with Crippen LogP contribution in [0.2, 0.25) is 5.02 Å². The number of rotatable bonds is 5. The van der Waals surface area contributed by atoms with Gasteiger partial charge in [0.1, 0.15) is 0 Å². The third-order valence-corrected chi connectivity index (χ3v) is 7.41. The van der Waals surface area contributed by atoms with Crippen molar-refractivity contribution in [3.05, 3.63) is 76.1 Å². The van der Waals surface area contributed by atoms with Crippen molar-refractivity contribution < 1.29 is 14.6 Å². The van der Waals surface area contributed by atoms with E-state index in [0.717, 1.165) is 45.1 Å². The second-order valence-corrected chi connectivity index (χ2v) is 11.2. The number of aromatic nitrogens is 2. The van der Waals surface area contributed by atoms with E-state index in [0.29, 0.717) is 10.6 Å². The van der Waals surface area contributed by atoms with Gasteiger partial charge in [-0.2, -0.15) is 0 Å². The van der Waals surface area contributed by atoms with Gasteiger partial charge in [-0.05, 0) is 74.2 Å². The number of pyridine rings is 1. The van der Waals surface area contributed by atoms with E-state index in [1.54, 1.807) is 11.3 Å². The van der Waals surface area contributed by atoms with Crippen LogP contribution in [0.5, 0.6) is 0 Å². The van der Waals surface area contributed by atoms with Crippen molar-refractivity contribution in [2.45, 2.75) is 52.5 Å². The molecule has 2 aromatic heterocycles. The molecule has 5 rings (SSSR count). The topological polar surface area (TPSA) is 75.5 Å². The lowest BCUT2D eigenvalue weighted by Crippen LogP contribution is -2.28. The molecule has 0 radical (unpaired) electrons. The second-order valence-electron chi connectivity index (χ2n) is 9.78. The normalized spacial score (nSPS) is 14.4. The summed E-state index contributed by atoms with van der Waals surface area (Å²) in [6.07, 6.45) is 2.60. The first-order chi connectivity index (χ1) is 16.6. The summed E-state index contributed by atoms with van der Waals surface area (Å²) >= 11 is 7.76. The van der Waals surface area contributed by atoms with Gasteiger partial charge in [-0.1, -0.05) is 35.1 Å². The van der Waals surface area contributed by atoms with E-state index in [9.17, 15) is 9.90 Å². The lowest BCUT2D eigenvalue weighted by atomic mass is 9.91. The van der Waals surface area contributed by atoms with E-state index in [1.165, 1.54) is 11.1 Å². The lowest BCUT2D eigenvalue weighted by molar-refractivity contribution is -0.160. The zero-order valence-corrected chi connectivity index (χ0v) is 21.6. The number of fused-ring (bicyclic) bond motifs is 2. The van der Waals surface area contributed by atoms with Gasteiger partial charge >= 0.3 is 5.97 Å². The fourth-order valence-corrected chi connectivity index (χ4v) is 5.77. The molecule has 1 aliphatic heterocycles. The minimum atomic E-state index is -1.13. The molecule has 0 amide bonds. The Labute approximate surface area is 213 Å². The molecule has 0 saturated carbocycles. The number of aliphatic carboxylic acids is 1. The van der Waals surface area contributed by atoms with E-state index < -0.39 is 17.7 Å². The molecule has 1 N–H and O–H groups in total. The Bertz CT molecular complexity index is 1400. The zero-order chi connectivity index (χ0) is 24.9. The van der Waals surface area contributed by atoms with E-state index in [-0.39, 0.29) is 0 Å². The number of carboxylic acid groups (broad SMARTS) is 1. The Balaban J connectivity index is 1.71. The average Bonchev–Trinajstić information content (AvgIpc) is 3.40. The van der Waals surface area contributed by atoms with Gasteiger partial charge in [0.05, 0.1) is 15.8 Å². The molecule has 0 bridgehead atoms. The minimum Gasteiger partial charge on any atom is -0.479 e. The number of carbonyl (C=O) groups is 1. The second kappa shape index (κ2) is 8.90. The Morgan fingerprint density at radius 2 is 1.89 bits per heavy atom. The Morgan fingerprint density at radius 1 is 1.17 bits per heavy atom. The summed E-state index contributed by atoms with van der Waals surface area (Å²) in [5.41, 5.74) is 5.82. The Morgan fingerprint density at radius 3 is 2.54 bits per heavy atom. The number of anilines is 1. The quantitative estimate of drug-likeness (QED) is 0.321. The standard InChI is InChI=1S/C27H26ClN3O3S/c1-15-11-20-24(35-26(30-20)31-13-17-9-10-29-12-18(17)14-31)22(16-5-7-19(28)8-6-16)21(15)23(25(32)33)34-27(2,3)4/h5-12,23H,13-14H2,1-4H3,(H,32,33)/t23-/m0/s1. The van der Waals surface area contributed by atoms with Crippen LogP contribution in [0.3, 0.4) is 0 Å². The van der Waals surface area contributed by atoms with Gasteiger partial charge in [0.15, 0.2) is 11.2 Å². The summed E-state index contributed by atoms with van der Waals surface area (Å²) in [6.45, 7) is 9.03. The van der Waals surface area contributed by atoms with Gasteiger partial charge in [-0.25, -0.2) is 9.78 Å². The van der Waals surface area contributed by atoms with E-state index >= 15 is 0 Å². The predicted octanol–water partition coefficient (Wildman–Crippen LogP) is 6.78. The maximum atomic E-state index is 12.5. The number of halogens is 1. The molecule has 6 nitrogen and oxygen atoms in total. The number of ether oxygens (including phenoxy) is 1. The summed E-state index contributed by atoms with van der Waals surface area (Å²) in [5, 5.41) is 11.7. The SMILES string of the molecule is Cc1cc2nc(N3Cc4ccncc4C3)sc2c(-c2ccc(Cl)cc2)c1[C@H](OC(C)(C)C)C(=O)O. The Hall–Kier alpha value is -3.00. The van der Waals surface area contributed by atoms with Gasteiger partial charge < -0.3 is 14.7 Å². The molecule has 0 aliphatic carbocycles. The molecule has 0 fully saturated rings. The van der Waals surface area contributed by atoms with Crippen LogP contribution in [0.1, 0.15) is 49.1 Å². The summed E-state index contributed by atoms with van der Waals surface area (Å²) < 4.78 is 7.02. The van der Waals surface area contributed by atoms with Crippen molar-refractivity contribution in [1.82, 2.24) is 9.97 Å². The number of thiazole rings is 1. The largest absolute Gasteiger partial charge is 0.479 e. The molecule has 180 valence electrons. The predicted molar refractivity (Wildman–Crippen MR) is 140 cm³/mol. The highest BCUT2D eigenvalue weighted by Crippen LogP contribution is 2.45. The molecule has 1 atom stereocenters. The van der Waals surface area contributed by atoms with Crippen molar-refractivity contribution in [1.29, 1.82) is 0 Å². The molecular formula is C27H26ClN3O3S. The van der Waals surface area contributed by atoms with Crippen LogP contribution in [0.25, 0.3) is 21.3 Å². The fourth-order valence-electron chi connectivity index (χ4n) is 4.52. The number of nitrogens with zero attached hydrogens (tertiary/aromatic N) is 3. The van der Waals surface area contributed by atoms with Gasteiger partial charge in [-0.3, -0.25) is 4.98 Å². The molecule has 35 heavy (non-hydrogen) atoms. The maximum Gasteiger partial charge on any atom is 0.337 e. The van der Waals surface area contributed by atoms with Crippen molar-refractivity contribution in [3.63, 3.8) is 0 Å². The Kier molecular flexibility index (Phi) is 6.03. The van der Waals surface area contributed by atoms with Crippen LogP contribution >= 0.6 is 22.9 Å². The highest BCUT2D eigenvalue weighted by Gasteiger charge is 2.33. The lowest BCUT2D eigenvalue weighted by Gasteiger charge is -2.28. The van der Waals surface area contributed by atoms with Crippen LogP contribution in [0.15, 0.2) is 48.8 Å². The van der Waals surface area contributed by atoms with E-state index in [2.05, 4.69) is 9.88 Å². The third-order valence-electron chi connectivity index (χ3n) is 6.00. The molecule has 1 aliphatic rings. The molecule has 0 unspecified atom stereocenters. The molecule has 3 heterocycles. The fraction of sp³-hybridized carbons (Fsp3) is 0.296. The van der Waals surface area contributed by atoms with Crippen molar-refractivity contribution in [2.75, 3.05) is 4.90 Å². The molecule has 8 heteroatoms. The number of hydrogen-bond acceptors (Lipinski definition) is 6. The maximum absolute atomic E-state index is 12.5. The van der Waals surface area contributed by atoms with Gasteiger partial charge in [0.25, 0.3) is 0 Å². The first-order valence-corrected chi connectivity index (χ1v) is 12.6. The first kappa shape index (κ1) is 23.7. The van der Waals surface area contributed by atoms with Gasteiger partial charge in [-0.15, -0.1) is 0 Å². The van der Waals surface area contributed by atoms with Crippen LogP contribution in [0.4, 0.5) is 5.13 Å². The highest BCUT2D eigenvalue weighted by atomic mass is 35.5. The highest BCUT2D eigenvalue weighted by molar-refractivity contribution is 7.22. The summed E-state index contributed by atoms with van der Waals surface area (Å²) in [4.78, 5) is 23.9. The summed E-state index contributed by atoms with van der Waals surface area (Å²) in [6, 6.07) is 11.5. The van der Waals surface area contributed by atoms with E-state index in [4.69, 9.17) is 21.3 Å². The van der Waals surface area contributed by atoms with Gasteiger partial charge in [0.2, 0.25) is 0 Å². The third kappa shape index (κ3) is 4.63. The smallest absolute Gasteiger partial charge is 0.337 e. The minimum absolute atomic E-state index is 0.619. The number of benzene rings is 2. The molecule has 0 saturated heterocycles. The number of hydrogen-bond donors (Lipinski definition) is 1. The zero-order valence-electron chi connectivity index (χ0n) is 20.0. The average molecular weight is 508 g/mol. The van der Waals surface area contributed by atoms with Crippen LogP contribution in [-0.2, 0) is 22.6 Å². The monoisotopic (exact) mass is 507 g/mol. The van der Waals surface area contributed by atoms with Crippen LogP contribution in [0, 0.1) is 6.92 Å².